The first kappa shape index (κ1) is 17.0. The molecule has 0 fully saturated rings. The largest absolute Gasteiger partial charge is 0.398 e. The van der Waals surface area contributed by atoms with Crippen molar-refractivity contribution in [3.05, 3.63) is 70.2 Å². The summed E-state index contributed by atoms with van der Waals surface area (Å²) in [5, 5.41) is 2.49. The molecule has 1 aromatic heterocycles. The molecule has 24 heavy (non-hydrogen) atoms. The molecule has 0 aliphatic rings. The molecule has 7 heteroatoms. The van der Waals surface area contributed by atoms with Gasteiger partial charge in [-0.05, 0) is 25.1 Å². The van der Waals surface area contributed by atoms with Gasteiger partial charge in [-0.1, -0.05) is 18.2 Å². The molecule has 7 nitrogen and oxygen atoms in total. The number of hydrogen-bond donors (Lipinski definition) is 3. The number of benzene rings is 1. The lowest BCUT2D eigenvalue weighted by atomic mass is 10.1. The Hall–Kier alpha value is -3.35. The van der Waals surface area contributed by atoms with Crippen molar-refractivity contribution in [2.45, 2.75) is 6.92 Å². The van der Waals surface area contributed by atoms with Crippen LogP contribution in [0.15, 0.2) is 64.0 Å². The van der Waals surface area contributed by atoms with Gasteiger partial charge < -0.3 is 16.0 Å². The van der Waals surface area contributed by atoms with Crippen LogP contribution in [0.1, 0.15) is 12.5 Å². The summed E-state index contributed by atoms with van der Waals surface area (Å²) in [7, 11) is 1.63. The Kier molecular flexibility index (Phi) is 5.16. The summed E-state index contributed by atoms with van der Waals surface area (Å²) in [6.07, 6.45) is 1.62. The molecule has 0 aliphatic heterocycles. The minimum atomic E-state index is -0.739. The van der Waals surface area contributed by atoms with Gasteiger partial charge in [0.15, 0.2) is 0 Å². The molecular weight excluding hydrogens is 306 g/mol. The number of rotatable bonds is 3. The van der Waals surface area contributed by atoms with Gasteiger partial charge in [0, 0.05) is 36.1 Å². The highest BCUT2D eigenvalue weighted by atomic mass is 16.2. The second kappa shape index (κ2) is 7.28. The molecule has 0 aliphatic carbocycles. The fourth-order valence-electron chi connectivity index (χ4n) is 2.05. The van der Waals surface area contributed by atoms with Gasteiger partial charge in [0.2, 0.25) is 5.56 Å². The van der Waals surface area contributed by atoms with E-state index in [0.29, 0.717) is 22.5 Å². The second-order valence-corrected chi connectivity index (χ2v) is 5.19. The fourth-order valence-corrected chi connectivity index (χ4v) is 2.05. The molecule has 0 saturated heterocycles. The number of pyridine rings is 1. The minimum Gasteiger partial charge on any atom is -0.398 e. The zero-order valence-electron chi connectivity index (χ0n) is 13.5. The van der Waals surface area contributed by atoms with Crippen LogP contribution in [0.3, 0.4) is 0 Å². The van der Waals surface area contributed by atoms with E-state index in [9.17, 15) is 9.59 Å². The SMILES string of the molecule is CC(C(=Nc1ccccc1)NC(N)=O)=C(N)c1ccc(=O)n(C)c1. The Morgan fingerprint density at radius 2 is 1.79 bits per heavy atom. The summed E-state index contributed by atoms with van der Waals surface area (Å²) in [6.45, 7) is 1.72. The van der Waals surface area contributed by atoms with Crippen LogP contribution in [0.4, 0.5) is 10.5 Å². The number of amidine groups is 1. The van der Waals surface area contributed by atoms with Crippen LogP contribution in [-0.2, 0) is 7.05 Å². The number of hydrogen-bond acceptors (Lipinski definition) is 4. The van der Waals surface area contributed by atoms with E-state index in [-0.39, 0.29) is 11.4 Å². The summed E-state index contributed by atoms with van der Waals surface area (Å²) >= 11 is 0. The zero-order valence-corrected chi connectivity index (χ0v) is 13.5. The van der Waals surface area contributed by atoms with Crippen molar-refractivity contribution in [1.29, 1.82) is 0 Å². The number of primary amides is 1. The number of aliphatic imine (C=N–C) groups is 1. The normalized spacial score (nSPS) is 12.5. The number of para-hydroxylation sites is 1. The summed E-state index contributed by atoms with van der Waals surface area (Å²) < 4.78 is 1.42. The molecule has 1 aromatic carbocycles. The molecule has 2 amide bonds. The average Bonchev–Trinajstić information content (AvgIpc) is 2.56. The van der Waals surface area contributed by atoms with Crippen LogP contribution in [0, 0.1) is 0 Å². The van der Waals surface area contributed by atoms with E-state index in [1.807, 2.05) is 18.2 Å². The minimum absolute atomic E-state index is 0.141. The van der Waals surface area contributed by atoms with Crippen molar-refractivity contribution in [2.75, 3.05) is 0 Å². The Morgan fingerprint density at radius 1 is 1.12 bits per heavy atom. The molecule has 0 radical (unpaired) electrons. The van der Waals surface area contributed by atoms with Gasteiger partial charge in [-0.25, -0.2) is 9.79 Å². The van der Waals surface area contributed by atoms with Crippen LogP contribution in [0.2, 0.25) is 0 Å². The Bertz CT molecular complexity index is 866. The molecule has 0 saturated carbocycles. The Morgan fingerprint density at radius 3 is 2.38 bits per heavy atom. The lowest BCUT2D eigenvalue weighted by molar-refractivity contribution is 0.253. The first-order chi connectivity index (χ1) is 11.4. The van der Waals surface area contributed by atoms with Crippen molar-refractivity contribution in [3.63, 3.8) is 0 Å². The quantitative estimate of drug-likeness (QED) is 0.586. The van der Waals surface area contributed by atoms with Gasteiger partial charge in [-0.15, -0.1) is 0 Å². The monoisotopic (exact) mass is 325 g/mol. The number of urea groups is 1. The number of nitrogens with zero attached hydrogens (tertiary/aromatic N) is 2. The van der Waals surface area contributed by atoms with Gasteiger partial charge in [-0.2, -0.15) is 0 Å². The van der Waals surface area contributed by atoms with Crippen LogP contribution in [0.5, 0.6) is 0 Å². The van der Waals surface area contributed by atoms with Crippen molar-refractivity contribution in [1.82, 2.24) is 9.88 Å². The molecule has 0 bridgehead atoms. The van der Waals surface area contributed by atoms with Crippen LogP contribution in [-0.4, -0.2) is 16.4 Å². The maximum atomic E-state index is 11.5. The third-order valence-electron chi connectivity index (χ3n) is 3.39. The number of amides is 2. The molecular formula is C17H19N5O2. The summed E-state index contributed by atoms with van der Waals surface area (Å²) in [5.41, 5.74) is 13.5. The number of carbonyl (C=O) groups is 1. The highest BCUT2D eigenvalue weighted by Gasteiger charge is 2.11. The number of carbonyl (C=O) groups excluding carboxylic acids is 1. The number of nitrogens with one attached hydrogen (secondary N) is 1. The van der Waals surface area contributed by atoms with E-state index in [0.717, 1.165) is 0 Å². The van der Waals surface area contributed by atoms with Crippen LogP contribution >= 0.6 is 0 Å². The highest BCUT2D eigenvalue weighted by molar-refractivity contribution is 6.11. The number of aryl methyl sites for hydroxylation is 1. The topological polar surface area (TPSA) is 116 Å². The van der Waals surface area contributed by atoms with E-state index in [4.69, 9.17) is 11.5 Å². The lowest BCUT2D eigenvalue weighted by Gasteiger charge is -2.12. The van der Waals surface area contributed by atoms with E-state index >= 15 is 0 Å². The number of nitrogens with two attached hydrogens (primary N) is 2. The summed E-state index contributed by atoms with van der Waals surface area (Å²) in [6, 6.07) is 11.4. The lowest BCUT2D eigenvalue weighted by Crippen LogP contribution is -2.36. The summed E-state index contributed by atoms with van der Waals surface area (Å²) in [5.74, 6) is 0.250. The maximum Gasteiger partial charge on any atom is 0.317 e. The predicted octanol–water partition coefficient (Wildman–Crippen LogP) is 1.47. The Balaban J connectivity index is 2.51. The smallest absolute Gasteiger partial charge is 0.317 e. The van der Waals surface area contributed by atoms with Crippen molar-refractivity contribution >= 4 is 23.3 Å². The molecule has 0 atom stereocenters. The number of aromatic nitrogens is 1. The molecule has 2 aromatic rings. The molecule has 0 unspecified atom stereocenters. The van der Waals surface area contributed by atoms with Crippen molar-refractivity contribution in [3.8, 4) is 0 Å². The molecule has 124 valence electrons. The molecule has 2 rings (SSSR count). The first-order valence-corrected chi connectivity index (χ1v) is 7.22. The van der Waals surface area contributed by atoms with Gasteiger partial charge in [-0.3, -0.25) is 10.1 Å². The van der Waals surface area contributed by atoms with Gasteiger partial charge >= 0.3 is 6.03 Å². The van der Waals surface area contributed by atoms with E-state index in [1.54, 1.807) is 38.4 Å². The molecule has 0 spiro atoms. The van der Waals surface area contributed by atoms with Crippen molar-refractivity contribution in [2.24, 2.45) is 23.5 Å². The van der Waals surface area contributed by atoms with Crippen LogP contribution < -0.4 is 22.3 Å². The molecule has 1 heterocycles. The van der Waals surface area contributed by atoms with E-state index in [2.05, 4.69) is 10.3 Å². The van der Waals surface area contributed by atoms with Gasteiger partial charge in [0.1, 0.15) is 5.84 Å². The van der Waals surface area contributed by atoms with E-state index in [1.165, 1.54) is 10.6 Å². The highest BCUT2D eigenvalue weighted by Crippen LogP contribution is 2.16. The zero-order chi connectivity index (χ0) is 17.7. The van der Waals surface area contributed by atoms with Crippen molar-refractivity contribution < 1.29 is 4.79 Å². The Labute approximate surface area is 139 Å². The van der Waals surface area contributed by atoms with Gasteiger partial charge in [0.05, 0.1) is 5.69 Å². The molecule has 5 N–H and O–H groups in total. The van der Waals surface area contributed by atoms with Crippen LogP contribution in [0.25, 0.3) is 5.70 Å². The fraction of sp³-hybridized carbons (Fsp3) is 0.118. The van der Waals surface area contributed by atoms with E-state index < -0.39 is 6.03 Å². The maximum absolute atomic E-state index is 11.5. The standard InChI is InChI=1S/C17H19N5O2/c1-11(15(18)12-8-9-14(23)22(2)10-12)16(21-17(19)24)20-13-6-4-3-5-7-13/h3-10H,18H2,1-2H3,(H3,19,20,21,24). The van der Waals surface area contributed by atoms with Gasteiger partial charge in [0.25, 0.3) is 0 Å². The second-order valence-electron chi connectivity index (χ2n) is 5.19. The predicted molar refractivity (Wildman–Crippen MR) is 94.7 cm³/mol. The first-order valence-electron chi connectivity index (χ1n) is 7.22. The third kappa shape index (κ3) is 4.10. The summed E-state index contributed by atoms with van der Waals surface area (Å²) in [4.78, 5) is 27.2. The average molecular weight is 325 g/mol. The third-order valence-corrected chi connectivity index (χ3v) is 3.39.